The Morgan fingerprint density at radius 3 is 2.44 bits per heavy atom. The zero-order valence-electron chi connectivity index (χ0n) is 14.7. The van der Waals surface area contributed by atoms with Gasteiger partial charge in [-0.15, -0.1) is 11.3 Å². The van der Waals surface area contributed by atoms with Crippen LogP contribution in [0.5, 0.6) is 0 Å². The summed E-state index contributed by atoms with van der Waals surface area (Å²) in [6, 6.07) is 11.8. The third kappa shape index (κ3) is 7.70. The van der Waals surface area contributed by atoms with Crippen molar-refractivity contribution in [2.75, 3.05) is 19.3 Å². The number of aliphatic imine (C=N–C) groups is 1. The molecule has 2 rings (SSSR count). The number of sulfone groups is 1. The summed E-state index contributed by atoms with van der Waals surface area (Å²) in [6.45, 7) is 4.22. The van der Waals surface area contributed by atoms with Gasteiger partial charge in [0.25, 0.3) is 0 Å². The second-order valence-corrected chi connectivity index (χ2v) is 9.01. The molecule has 7 heteroatoms. The fourth-order valence-corrected chi connectivity index (χ4v) is 3.82. The number of hydrogen-bond acceptors (Lipinski definition) is 4. The Kier molecular flexibility index (Phi) is 7.46. The Labute approximate surface area is 154 Å². The highest BCUT2D eigenvalue weighted by Crippen LogP contribution is 2.09. The summed E-state index contributed by atoms with van der Waals surface area (Å²) in [4.78, 5) is 5.94. The van der Waals surface area contributed by atoms with E-state index in [0.29, 0.717) is 6.54 Å². The predicted octanol–water partition coefficient (Wildman–Crippen LogP) is 2.59. The van der Waals surface area contributed by atoms with E-state index in [2.05, 4.69) is 33.1 Å². The second kappa shape index (κ2) is 9.58. The lowest BCUT2D eigenvalue weighted by Gasteiger charge is -2.11. The first-order chi connectivity index (χ1) is 12.0. The maximum absolute atomic E-state index is 11.3. The monoisotopic (exact) mass is 379 g/mol. The Morgan fingerprint density at radius 2 is 1.84 bits per heavy atom. The highest BCUT2D eigenvalue weighted by molar-refractivity contribution is 7.89. The largest absolute Gasteiger partial charge is 0.357 e. The molecular formula is C18H25N3O2S2. The molecule has 0 aliphatic heterocycles. The smallest absolute Gasteiger partial charge is 0.191 e. The summed E-state index contributed by atoms with van der Waals surface area (Å²) in [5, 5.41) is 8.66. The molecule has 1 heterocycles. The fourth-order valence-electron chi connectivity index (χ4n) is 2.31. The van der Waals surface area contributed by atoms with Crippen LogP contribution in [0.3, 0.4) is 0 Å². The van der Waals surface area contributed by atoms with Crippen molar-refractivity contribution in [1.82, 2.24) is 10.6 Å². The molecule has 0 unspecified atom stereocenters. The van der Waals surface area contributed by atoms with Crippen LogP contribution in [0.15, 0.2) is 46.8 Å². The quantitative estimate of drug-likeness (QED) is 0.546. The number of benzene rings is 1. The summed E-state index contributed by atoms with van der Waals surface area (Å²) >= 11 is 1.76. The molecule has 2 N–H and O–H groups in total. The molecule has 2 aromatic rings. The average molecular weight is 380 g/mol. The Bertz CT molecular complexity index is 767. The first kappa shape index (κ1) is 19.5. The van der Waals surface area contributed by atoms with E-state index in [1.54, 1.807) is 11.3 Å². The summed E-state index contributed by atoms with van der Waals surface area (Å²) in [7, 11) is -3.00. The lowest BCUT2D eigenvalue weighted by molar-refractivity contribution is 0.601. The van der Waals surface area contributed by atoms with Crippen molar-refractivity contribution in [3.05, 3.63) is 57.8 Å². The molecule has 5 nitrogen and oxygen atoms in total. The Balaban J connectivity index is 1.88. The minimum absolute atomic E-state index is 0.0729. The lowest BCUT2D eigenvalue weighted by atomic mass is 10.1. The molecule has 25 heavy (non-hydrogen) atoms. The molecule has 0 spiro atoms. The highest BCUT2D eigenvalue weighted by Gasteiger charge is 2.04. The first-order valence-corrected chi connectivity index (χ1v) is 11.2. The predicted molar refractivity (Wildman–Crippen MR) is 106 cm³/mol. The van der Waals surface area contributed by atoms with Crippen LogP contribution in [-0.4, -0.2) is 33.7 Å². The van der Waals surface area contributed by atoms with Gasteiger partial charge in [0.1, 0.15) is 0 Å². The van der Waals surface area contributed by atoms with E-state index in [9.17, 15) is 8.42 Å². The van der Waals surface area contributed by atoms with Crippen molar-refractivity contribution in [3.63, 3.8) is 0 Å². The van der Waals surface area contributed by atoms with Crippen LogP contribution in [0.1, 0.15) is 22.9 Å². The van der Waals surface area contributed by atoms with Crippen molar-refractivity contribution >= 4 is 27.1 Å². The third-order valence-electron chi connectivity index (χ3n) is 3.46. The minimum atomic E-state index is -3.00. The molecule has 0 saturated heterocycles. The summed E-state index contributed by atoms with van der Waals surface area (Å²) in [5.41, 5.74) is 1.85. The molecule has 0 aliphatic carbocycles. The second-order valence-electron chi connectivity index (χ2n) is 5.84. The Hall–Kier alpha value is -1.86. The number of thiophene rings is 1. The van der Waals surface area contributed by atoms with Gasteiger partial charge in [-0.25, -0.2) is 13.4 Å². The number of nitrogens with zero attached hydrogens (tertiary/aromatic N) is 1. The van der Waals surface area contributed by atoms with E-state index in [0.717, 1.165) is 36.6 Å². The van der Waals surface area contributed by atoms with Crippen LogP contribution in [0.25, 0.3) is 0 Å². The Morgan fingerprint density at radius 1 is 1.12 bits per heavy atom. The number of nitrogens with one attached hydrogen (secondary N) is 2. The minimum Gasteiger partial charge on any atom is -0.357 e. The van der Waals surface area contributed by atoms with Crippen LogP contribution < -0.4 is 10.6 Å². The van der Waals surface area contributed by atoms with Crippen molar-refractivity contribution in [2.24, 2.45) is 4.99 Å². The van der Waals surface area contributed by atoms with Crippen LogP contribution in [-0.2, 0) is 28.6 Å². The van der Waals surface area contributed by atoms with Gasteiger partial charge in [-0.2, -0.15) is 0 Å². The number of guanidine groups is 1. The van der Waals surface area contributed by atoms with Gasteiger partial charge in [-0.05, 0) is 35.9 Å². The average Bonchev–Trinajstić information content (AvgIpc) is 3.06. The molecule has 1 aromatic carbocycles. The maximum atomic E-state index is 11.3. The first-order valence-electron chi connectivity index (χ1n) is 8.26. The van der Waals surface area contributed by atoms with Gasteiger partial charge in [0.05, 0.1) is 12.3 Å². The van der Waals surface area contributed by atoms with Gasteiger partial charge in [0.15, 0.2) is 15.8 Å². The molecule has 0 aliphatic rings. The highest BCUT2D eigenvalue weighted by atomic mass is 32.2. The molecule has 0 radical (unpaired) electrons. The van der Waals surface area contributed by atoms with Gasteiger partial charge in [0, 0.05) is 24.2 Å². The van der Waals surface area contributed by atoms with Crippen molar-refractivity contribution < 1.29 is 8.42 Å². The standard InChI is InChI=1S/C18H25N3O2S2/c1-3-19-18(20-11-10-17-5-4-12-24-17)21-13-15-6-8-16(9-7-15)14-25(2,22)23/h4-9,12H,3,10-11,13-14H2,1-2H3,(H2,19,20,21). The van der Waals surface area contributed by atoms with Crippen molar-refractivity contribution in [2.45, 2.75) is 25.6 Å². The fraction of sp³-hybridized carbons (Fsp3) is 0.389. The molecule has 0 saturated carbocycles. The zero-order chi connectivity index (χ0) is 18.1. The van der Waals surface area contributed by atoms with Gasteiger partial charge in [-0.3, -0.25) is 0 Å². The van der Waals surface area contributed by atoms with Gasteiger partial charge >= 0.3 is 0 Å². The van der Waals surface area contributed by atoms with Crippen LogP contribution in [0.4, 0.5) is 0 Å². The summed E-state index contributed by atoms with van der Waals surface area (Å²) in [6.07, 6.45) is 2.22. The molecule has 0 amide bonds. The maximum Gasteiger partial charge on any atom is 0.191 e. The summed E-state index contributed by atoms with van der Waals surface area (Å²) in [5.74, 6) is 0.864. The molecular weight excluding hydrogens is 354 g/mol. The van der Waals surface area contributed by atoms with Crippen molar-refractivity contribution in [1.29, 1.82) is 0 Å². The molecule has 0 fully saturated rings. The van der Waals surface area contributed by atoms with E-state index in [1.807, 2.05) is 31.2 Å². The summed E-state index contributed by atoms with van der Waals surface area (Å²) < 4.78 is 22.6. The van der Waals surface area contributed by atoms with Crippen LogP contribution in [0, 0.1) is 0 Å². The zero-order valence-corrected chi connectivity index (χ0v) is 16.3. The van der Waals surface area contributed by atoms with E-state index in [-0.39, 0.29) is 5.75 Å². The van der Waals surface area contributed by atoms with Gasteiger partial charge < -0.3 is 10.6 Å². The van der Waals surface area contributed by atoms with E-state index in [4.69, 9.17) is 0 Å². The SMILES string of the molecule is CCNC(=NCc1ccc(CS(C)(=O)=O)cc1)NCCc1cccs1. The van der Waals surface area contributed by atoms with Gasteiger partial charge in [0.2, 0.25) is 0 Å². The molecule has 0 bridgehead atoms. The van der Waals surface area contributed by atoms with Crippen LogP contribution in [0.2, 0.25) is 0 Å². The van der Waals surface area contributed by atoms with E-state index >= 15 is 0 Å². The molecule has 0 atom stereocenters. The van der Waals surface area contributed by atoms with Gasteiger partial charge in [-0.1, -0.05) is 30.3 Å². The topological polar surface area (TPSA) is 70.6 Å². The van der Waals surface area contributed by atoms with E-state index < -0.39 is 9.84 Å². The van der Waals surface area contributed by atoms with Crippen LogP contribution >= 0.6 is 11.3 Å². The molecule has 136 valence electrons. The number of rotatable bonds is 8. The van der Waals surface area contributed by atoms with Crippen molar-refractivity contribution in [3.8, 4) is 0 Å². The number of hydrogen-bond donors (Lipinski definition) is 2. The van der Waals surface area contributed by atoms with E-state index in [1.165, 1.54) is 11.1 Å². The normalized spacial score (nSPS) is 12.2. The molecule has 1 aromatic heterocycles. The lowest BCUT2D eigenvalue weighted by Crippen LogP contribution is -2.38. The third-order valence-corrected chi connectivity index (χ3v) is 5.25.